The van der Waals surface area contributed by atoms with Gasteiger partial charge in [0.2, 0.25) is 5.91 Å². The Morgan fingerprint density at radius 1 is 0.889 bits per heavy atom. The lowest BCUT2D eigenvalue weighted by Gasteiger charge is -2.23. The summed E-state index contributed by atoms with van der Waals surface area (Å²) in [4.78, 5) is 12.9. The first-order valence-corrected chi connectivity index (χ1v) is 9.92. The van der Waals surface area contributed by atoms with Gasteiger partial charge in [-0.3, -0.25) is 4.79 Å². The van der Waals surface area contributed by atoms with Gasteiger partial charge in [-0.2, -0.15) is 0 Å². The van der Waals surface area contributed by atoms with Crippen LogP contribution < -0.4 is 16.0 Å². The van der Waals surface area contributed by atoms with E-state index in [1.54, 1.807) is 0 Å². The number of hydrogen-bond acceptors (Lipinski definition) is 3. The van der Waals surface area contributed by atoms with Crippen molar-refractivity contribution in [2.24, 2.45) is 0 Å². The summed E-state index contributed by atoms with van der Waals surface area (Å²) in [5.41, 5.74) is 2.18. The topological polar surface area (TPSA) is 53.2 Å². The molecule has 2 aromatic carbocycles. The van der Waals surface area contributed by atoms with Crippen molar-refractivity contribution in [1.82, 2.24) is 16.0 Å². The van der Waals surface area contributed by atoms with Crippen molar-refractivity contribution in [2.75, 3.05) is 13.6 Å². The lowest BCUT2D eigenvalue weighted by Crippen LogP contribution is -2.44. The van der Waals surface area contributed by atoms with Gasteiger partial charge in [0.1, 0.15) is 0 Å². The quantitative estimate of drug-likeness (QED) is 0.532. The summed E-state index contributed by atoms with van der Waals surface area (Å²) >= 11 is 0. The second kappa shape index (κ2) is 11.5. The number of nitrogens with one attached hydrogen (secondary N) is 3. The highest BCUT2D eigenvalue weighted by Gasteiger charge is 2.21. The molecule has 0 saturated carbocycles. The van der Waals surface area contributed by atoms with Crippen molar-refractivity contribution >= 4 is 5.91 Å². The average molecular weight is 368 g/mol. The molecule has 0 bridgehead atoms. The Morgan fingerprint density at radius 3 is 1.93 bits per heavy atom. The lowest BCUT2D eigenvalue weighted by molar-refractivity contribution is -0.123. The van der Waals surface area contributed by atoms with Crippen LogP contribution >= 0.6 is 0 Å². The second-order valence-electron chi connectivity index (χ2n) is 7.21. The number of amides is 1. The van der Waals surface area contributed by atoms with Crippen molar-refractivity contribution in [3.63, 3.8) is 0 Å². The van der Waals surface area contributed by atoms with E-state index in [0.717, 1.165) is 36.9 Å². The molecule has 0 spiro atoms. The predicted molar refractivity (Wildman–Crippen MR) is 113 cm³/mol. The Balaban J connectivity index is 1.99. The van der Waals surface area contributed by atoms with Gasteiger partial charge < -0.3 is 16.0 Å². The molecule has 0 radical (unpaired) electrons. The van der Waals surface area contributed by atoms with Gasteiger partial charge in [0.25, 0.3) is 0 Å². The fourth-order valence-corrected chi connectivity index (χ4v) is 3.16. The van der Waals surface area contributed by atoms with Crippen LogP contribution in [0, 0.1) is 0 Å². The van der Waals surface area contributed by atoms with Crippen molar-refractivity contribution in [2.45, 2.75) is 51.2 Å². The molecule has 3 N–H and O–H groups in total. The minimum absolute atomic E-state index is 0.0482. The van der Waals surface area contributed by atoms with Gasteiger partial charge in [0.05, 0.1) is 12.1 Å². The molecule has 0 aliphatic rings. The molecule has 27 heavy (non-hydrogen) atoms. The maximum Gasteiger partial charge on any atom is 0.237 e. The molecule has 146 valence electrons. The number of carbonyl (C=O) groups is 1. The van der Waals surface area contributed by atoms with Gasteiger partial charge in [-0.05, 0) is 37.6 Å². The van der Waals surface area contributed by atoms with Crippen LogP contribution in [-0.2, 0) is 4.79 Å². The van der Waals surface area contributed by atoms with Crippen molar-refractivity contribution in [1.29, 1.82) is 0 Å². The molecule has 4 nitrogen and oxygen atoms in total. The number of unbranched alkanes of at least 4 members (excludes halogenated alkanes) is 1. The summed E-state index contributed by atoms with van der Waals surface area (Å²) in [6, 6.07) is 20.4. The Morgan fingerprint density at radius 2 is 1.44 bits per heavy atom. The molecule has 0 heterocycles. The monoisotopic (exact) mass is 367 g/mol. The predicted octanol–water partition coefficient (Wildman–Crippen LogP) is 3.65. The van der Waals surface area contributed by atoms with E-state index in [4.69, 9.17) is 0 Å². The standard InChI is InChI=1S/C23H33N3O/c1-18(2)25-17-11-10-16-21(24-3)23(27)26-22(19-12-6-4-7-13-19)20-14-8-5-9-15-20/h4-9,12-15,18,21-22,24-25H,10-11,16-17H2,1-3H3,(H,26,27). The van der Waals surface area contributed by atoms with E-state index in [-0.39, 0.29) is 18.0 Å². The molecule has 1 atom stereocenters. The van der Waals surface area contributed by atoms with Crippen LogP contribution in [0.5, 0.6) is 0 Å². The van der Waals surface area contributed by atoms with E-state index in [0.29, 0.717) is 6.04 Å². The number of benzene rings is 2. The van der Waals surface area contributed by atoms with Gasteiger partial charge >= 0.3 is 0 Å². The Hall–Kier alpha value is -2.17. The first-order chi connectivity index (χ1) is 13.1. The van der Waals surface area contributed by atoms with Gasteiger partial charge in [0, 0.05) is 6.04 Å². The molecular weight excluding hydrogens is 334 g/mol. The minimum atomic E-state index is -0.182. The molecule has 0 saturated heterocycles. The third-order valence-corrected chi connectivity index (χ3v) is 4.69. The Labute approximate surface area is 163 Å². The number of rotatable bonds is 11. The molecular formula is C23H33N3O. The van der Waals surface area contributed by atoms with Gasteiger partial charge in [0.15, 0.2) is 0 Å². The van der Waals surface area contributed by atoms with E-state index < -0.39 is 0 Å². The third kappa shape index (κ3) is 7.16. The largest absolute Gasteiger partial charge is 0.344 e. The first-order valence-electron chi connectivity index (χ1n) is 9.92. The number of carbonyl (C=O) groups excluding carboxylic acids is 1. The van der Waals surface area contributed by atoms with E-state index in [9.17, 15) is 4.79 Å². The van der Waals surface area contributed by atoms with Crippen LogP contribution in [0.15, 0.2) is 60.7 Å². The smallest absolute Gasteiger partial charge is 0.237 e. The van der Waals surface area contributed by atoms with E-state index in [2.05, 4.69) is 54.1 Å². The summed E-state index contributed by atoms with van der Waals surface area (Å²) in [6.07, 6.45) is 2.92. The maximum absolute atomic E-state index is 12.9. The van der Waals surface area contributed by atoms with Crippen LogP contribution in [0.3, 0.4) is 0 Å². The van der Waals surface area contributed by atoms with Gasteiger partial charge in [-0.1, -0.05) is 80.9 Å². The fraction of sp³-hybridized carbons (Fsp3) is 0.435. The Kier molecular flexibility index (Phi) is 9.02. The highest BCUT2D eigenvalue weighted by atomic mass is 16.2. The average Bonchev–Trinajstić information content (AvgIpc) is 2.70. The zero-order chi connectivity index (χ0) is 19.5. The zero-order valence-electron chi connectivity index (χ0n) is 16.7. The molecule has 2 aromatic rings. The van der Waals surface area contributed by atoms with Crippen LogP contribution in [0.4, 0.5) is 0 Å². The molecule has 0 aliphatic carbocycles. The van der Waals surface area contributed by atoms with Crippen molar-refractivity contribution < 1.29 is 4.79 Å². The summed E-state index contributed by atoms with van der Waals surface area (Å²) in [6.45, 7) is 5.29. The summed E-state index contributed by atoms with van der Waals surface area (Å²) in [5.74, 6) is 0.0482. The van der Waals surface area contributed by atoms with E-state index in [1.165, 1.54) is 0 Å². The molecule has 2 rings (SSSR count). The molecule has 4 heteroatoms. The highest BCUT2D eigenvalue weighted by Crippen LogP contribution is 2.22. The summed E-state index contributed by atoms with van der Waals surface area (Å²) in [7, 11) is 1.86. The van der Waals surface area contributed by atoms with Crippen molar-refractivity contribution in [3.05, 3.63) is 71.8 Å². The maximum atomic E-state index is 12.9. The number of hydrogen-bond donors (Lipinski definition) is 3. The second-order valence-corrected chi connectivity index (χ2v) is 7.21. The SMILES string of the molecule is CNC(CCCCNC(C)C)C(=O)NC(c1ccccc1)c1ccccc1. The normalized spacial score (nSPS) is 12.3. The van der Waals surface area contributed by atoms with Crippen LogP contribution in [0.1, 0.15) is 50.3 Å². The molecule has 0 aromatic heterocycles. The summed E-state index contributed by atoms with van der Waals surface area (Å²) < 4.78 is 0. The lowest BCUT2D eigenvalue weighted by atomic mass is 9.98. The fourth-order valence-electron chi connectivity index (χ4n) is 3.16. The van der Waals surface area contributed by atoms with Crippen LogP contribution in [-0.4, -0.2) is 31.6 Å². The molecule has 1 amide bonds. The highest BCUT2D eigenvalue weighted by molar-refractivity contribution is 5.82. The minimum Gasteiger partial charge on any atom is -0.344 e. The van der Waals surface area contributed by atoms with Crippen LogP contribution in [0.25, 0.3) is 0 Å². The molecule has 0 fully saturated rings. The molecule has 1 unspecified atom stereocenters. The van der Waals surface area contributed by atoms with Crippen molar-refractivity contribution in [3.8, 4) is 0 Å². The molecule has 0 aliphatic heterocycles. The Bertz CT molecular complexity index is 618. The first kappa shape index (κ1) is 21.1. The van der Waals surface area contributed by atoms with E-state index in [1.807, 2.05) is 43.4 Å². The summed E-state index contributed by atoms with van der Waals surface area (Å²) in [5, 5.41) is 9.84. The van der Waals surface area contributed by atoms with E-state index >= 15 is 0 Å². The van der Waals surface area contributed by atoms with Gasteiger partial charge in [-0.25, -0.2) is 0 Å². The zero-order valence-corrected chi connectivity index (χ0v) is 16.7. The number of likely N-dealkylation sites (N-methyl/N-ethyl adjacent to an activating group) is 1. The van der Waals surface area contributed by atoms with Crippen LogP contribution in [0.2, 0.25) is 0 Å². The third-order valence-electron chi connectivity index (χ3n) is 4.69. The van der Waals surface area contributed by atoms with Gasteiger partial charge in [-0.15, -0.1) is 0 Å².